The topological polar surface area (TPSA) is 54.5 Å². The van der Waals surface area contributed by atoms with E-state index >= 15 is 0 Å². The average molecular weight is 393 g/mol. The summed E-state index contributed by atoms with van der Waals surface area (Å²) in [5.41, 5.74) is 1.32. The maximum absolute atomic E-state index is 12.5. The van der Waals surface area contributed by atoms with Crippen molar-refractivity contribution < 1.29 is 22.7 Å². The fourth-order valence-electron chi connectivity index (χ4n) is 3.31. The zero-order valence-electron chi connectivity index (χ0n) is 15.3. The van der Waals surface area contributed by atoms with Crippen LogP contribution in [0.25, 0.3) is 0 Å². The van der Waals surface area contributed by atoms with Crippen LogP contribution in [0.3, 0.4) is 0 Å². The highest BCUT2D eigenvalue weighted by Crippen LogP contribution is 2.26. The summed E-state index contributed by atoms with van der Waals surface area (Å²) < 4.78 is 41.5. The molecule has 1 aromatic carbocycles. The molecule has 1 N–H and O–H groups in total. The number of hydrogen-bond acceptors (Lipinski definition) is 3. The third-order valence-corrected chi connectivity index (χ3v) is 4.75. The lowest BCUT2D eigenvalue weighted by Gasteiger charge is -2.32. The Morgan fingerprint density at radius 1 is 1.14 bits per heavy atom. The van der Waals surface area contributed by atoms with Gasteiger partial charge in [0.1, 0.15) is 5.75 Å². The molecule has 1 aliphatic rings. The van der Waals surface area contributed by atoms with Crippen LogP contribution < -0.4 is 10.1 Å². The number of hydrogen-bond donors (Lipinski definition) is 1. The van der Waals surface area contributed by atoms with Gasteiger partial charge >= 0.3 is 12.4 Å². The number of carbonyl (C=O) groups is 1. The van der Waals surface area contributed by atoms with E-state index in [0.29, 0.717) is 19.0 Å². The zero-order valence-corrected chi connectivity index (χ0v) is 15.3. The molecule has 0 radical (unpaired) electrons. The van der Waals surface area contributed by atoms with Crippen molar-refractivity contribution in [2.24, 2.45) is 5.92 Å². The van der Waals surface area contributed by atoms with Crippen LogP contribution in [0.15, 0.2) is 48.7 Å². The number of nitrogens with one attached hydrogen (secondary N) is 1. The summed E-state index contributed by atoms with van der Waals surface area (Å²) in [7, 11) is 0. The van der Waals surface area contributed by atoms with Gasteiger partial charge in [0, 0.05) is 37.1 Å². The predicted molar refractivity (Wildman–Crippen MR) is 97.6 cm³/mol. The number of urea groups is 1. The first-order valence-corrected chi connectivity index (χ1v) is 9.17. The fourth-order valence-corrected chi connectivity index (χ4v) is 3.31. The van der Waals surface area contributed by atoms with Gasteiger partial charge in [-0.25, -0.2) is 4.79 Å². The van der Waals surface area contributed by atoms with E-state index in [1.165, 1.54) is 18.2 Å². The van der Waals surface area contributed by atoms with E-state index in [4.69, 9.17) is 0 Å². The summed E-state index contributed by atoms with van der Waals surface area (Å²) in [4.78, 5) is 18.4. The Kier molecular flexibility index (Phi) is 6.38. The van der Waals surface area contributed by atoms with E-state index in [1.807, 2.05) is 18.2 Å². The van der Waals surface area contributed by atoms with Crippen LogP contribution in [0.4, 0.5) is 18.0 Å². The second-order valence-electron chi connectivity index (χ2n) is 6.77. The summed E-state index contributed by atoms with van der Waals surface area (Å²) >= 11 is 0. The predicted octanol–water partition coefficient (Wildman–Crippen LogP) is 4.14. The number of para-hydroxylation sites is 1. The molecule has 0 aliphatic carbocycles. The Morgan fingerprint density at radius 3 is 2.54 bits per heavy atom. The molecule has 3 rings (SSSR count). The maximum atomic E-state index is 12.5. The molecule has 0 atom stereocenters. The maximum Gasteiger partial charge on any atom is 0.573 e. The van der Waals surface area contributed by atoms with Gasteiger partial charge in [0.05, 0.1) is 0 Å². The van der Waals surface area contributed by atoms with Crippen molar-refractivity contribution in [3.05, 3.63) is 59.9 Å². The van der Waals surface area contributed by atoms with Gasteiger partial charge in [-0.05, 0) is 43.4 Å². The molecule has 2 amide bonds. The fraction of sp³-hybridized carbons (Fsp3) is 0.400. The molecule has 2 heterocycles. The van der Waals surface area contributed by atoms with E-state index in [1.54, 1.807) is 17.2 Å². The Balaban J connectivity index is 1.48. The number of ether oxygens (including phenoxy) is 1. The number of carbonyl (C=O) groups excluding carboxylic acids is 1. The number of aromatic nitrogens is 1. The highest BCUT2D eigenvalue weighted by molar-refractivity contribution is 5.74. The number of rotatable bonds is 5. The molecule has 8 heteroatoms. The summed E-state index contributed by atoms with van der Waals surface area (Å²) in [5.74, 6) is 0.171. The quantitative estimate of drug-likeness (QED) is 0.831. The van der Waals surface area contributed by atoms with Gasteiger partial charge in [-0.15, -0.1) is 13.2 Å². The monoisotopic (exact) mass is 393 g/mol. The Morgan fingerprint density at radius 2 is 1.86 bits per heavy atom. The number of nitrogens with zero attached hydrogens (tertiary/aromatic N) is 2. The molecule has 0 spiro atoms. The van der Waals surface area contributed by atoms with Gasteiger partial charge in [-0.3, -0.25) is 4.98 Å². The molecule has 0 saturated carbocycles. The minimum atomic E-state index is -4.77. The number of amides is 2. The smallest absolute Gasteiger partial charge is 0.405 e. The van der Waals surface area contributed by atoms with Gasteiger partial charge in [-0.1, -0.05) is 24.3 Å². The van der Waals surface area contributed by atoms with Gasteiger partial charge in [0.25, 0.3) is 0 Å². The van der Waals surface area contributed by atoms with Crippen molar-refractivity contribution in [1.29, 1.82) is 0 Å². The van der Waals surface area contributed by atoms with Crippen molar-refractivity contribution in [3.8, 4) is 5.75 Å². The summed E-state index contributed by atoms with van der Waals surface area (Å²) in [6.45, 7) is 1.20. The molecule has 28 heavy (non-hydrogen) atoms. The van der Waals surface area contributed by atoms with Gasteiger partial charge < -0.3 is 15.0 Å². The average Bonchev–Trinajstić information content (AvgIpc) is 2.67. The molecule has 1 fully saturated rings. The Hall–Kier alpha value is -2.77. The highest BCUT2D eigenvalue weighted by Gasteiger charge is 2.32. The van der Waals surface area contributed by atoms with E-state index in [2.05, 4.69) is 15.0 Å². The molecular formula is C20H22F3N3O2. The normalized spacial score (nSPS) is 15.3. The first-order chi connectivity index (χ1) is 13.4. The molecule has 2 aromatic rings. The van der Waals surface area contributed by atoms with Gasteiger partial charge in [0.2, 0.25) is 0 Å². The molecule has 1 saturated heterocycles. The van der Waals surface area contributed by atoms with Gasteiger partial charge in [0.15, 0.2) is 0 Å². The largest absolute Gasteiger partial charge is 0.573 e. The molecule has 0 unspecified atom stereocenters. The van der Waals surface area contributed by atoms with Crippen molar-refractivity contribution in [2.75, 3.05) is 13.1 Å². The number of pyridine rings is 1. The third-order valence-electron chi connectivity index (χ3n) is 4.75. The lowest BCUT2D eigenvalue weighted by Crippen LogP contribution is -2.44. The number of benzene rings is 1. The van der Waals surface area contributed by atoms with Crippen molar-refractivity contribution in [2.45, 2.75) is 32.2 Å². The summed E-state index contributed by atoms with van der Waals surface area (Å²) in [5, 5.41) is 2.69. The molecule has 0 bridgehead atoms. The molecule has 1 aliphatic heterocycles. The number of halogens is 3. The number of piperidine rings is 1. The first-order valence-electron chi connectivity index (χ1n) is 9.17. The second-order valence-corrected chi connectivity index (χ2v) is 6.77. The van der Waals surface area contributed by atoms with E-state index in [-0.39, 0.29) is 23.9 Å². The number of likely N-dealkylation sites (tertiary alicyclic amines) is 1. The van der Waals surface area contributed by atoms with Crippen LogP contribution in [-0.4, -0.2) is 35.4 Å². The highest BCUT2D eigenvalue weighted by atomic mass is 19.4. The second kappa shape index (κ2) is 8.95. The van der Waals surface area contributed by atoms with Gasteiger partial charge in [-0.2, -0.15) is 0 Å². The number of alkyl halides is 3. The van der Waals surface area contributed by atoms with Crippen LogP contribution in [0.2, 0.25) is 0 Å². The summed E-state index contributed by atoms with van der Waals surface area (Å²) in [6, 6.07) is 11.4. The van der Waals surface area contributed by atoms with Crippen LogP contribution in [0, 0.1) is 5.92 Å². The SMILES string of the molecule is O=C(NCc1ccccc1OC(F)(F)F)N1CCC(Cc2ccccn2)CC1. The minimum Gasteiger partial charge on any atom is -0.405 e. The Labute approximate surface area is 161 Å². The standard InChI is InChI=1S/C20H22F3N3O2/c21-20(22,23)28-18-7-2-1-5-16(18)14-25-19(27)26-11-8-15(9-12-26)13-17-6-3-4-10-24-17/h1-7,10,15H,8-9,11-14H2,(H,25,27). The lowest BCUT2D eigenvalue weighted by atomic mass is 9.92. The minimum absolute atomic E-state index is 0.0288. The first kappa shape index (κ1) is 20.0. The van der Waals surface area contributed by atoms with E-state index in [0.717, 1.165) is 25.0 Å². The molecule has 150 valence electrons. The molecular weight excluding hydrogens is 371 g/mol. The van der Waals surface area contributed by atoms with Crippen molar-refractivity contribution >= 4 is 6.03 Å². The van der Waals surface area contributed by atoms with Crippen LogP contribution >= 0.6 is 0 Å². The third kappa shape index (κ3) is 5.87. The van der Waals surface area contributed by atoms with E-state index < -0.39 is 6.36 Å². The van der Waals surface area contributed by atoms with Crippen molar-refractivity contribution in [3.63, 3.8) is 0 Å². The Bertz CT molecular complexity index is 776. The summed E-state index contributed by atoms with van der Waals surface area (Å²) in [6.07, 6.45) is -0.359. The molecule has 1 aromatic heterocycles. The lowest BCUT2D eigenvalue weighted by molar-refractivity contribution is -0.274. The van der Waals surface area contributed by atoms with Crippen LogP contribution in [-0.2, 0) is 13.0 Å². The van der Waals surface area contributed by atoms with Crippen molar-refractivity contribution in [1.82, 2.24) is 15.2 Å². The molecule has 5 nitrogen and oxygen atoms in total. The van der Waals surface area contributed by atoms with Crippen LogP contribution in [0.5, 0.6) is 5.75 Å². The zero-order chi connectivity index (χ0) is 20.0. The van der Waals surface area contributed by atoms with Crippen LogP contribution in [0.1, 0.15) is 24.1 Å². The van der Waals surface area contributed by atoms with E-state index in [9.17, 15) is 18.0 Å².